The second-order valence-electron chi connectivity index (χ2n) is 7.13. The van der Waals surface area contributed by atoms with Crippen molar-refractivity contribution in [1.29, 1.82) is 0 Å². The lowest BCUT2D eigenvalue weighted by Crippen LogP contribution is -2.48. The topological polar surface area (TPSA) is 49.4 Å². The first-order valence-corrected chi connectivity index (χ1v) is 9.78. The maximum Gasteiger partial charge on any atom is 0.242 e. The molecule has 2 amide bonds. The van der Waals surface area contributed by atoms with Crippen LogP contribution in [0, 0.1) is 12.7 Å². The van der Waals surface area contributed by atoms with Gasteiger partial charge in [0.15, 0.2) is 0 Å². The highest BCUT2D eigenvalue weighted by Crippen LogP contribution is 2.14. The summed E-state index contributed by atoms with van der Waals surface area (Å²) in [5.41, 5.74) is 2.79. The number of nitrogens with one attached hydrogen (secondary N) is 1. The Kier molecular flexibility index (Phi) is 8.18. The second kappa shape index (κ2) is 10.6. The van der Waals surface area contributed by atoms with Crippen LogP contribution < -0.4 is 5.32 Å². The average Bonchev–Trinajstić information content (AvgIpc) is 2.67. The van der Waals surface area contributed by atoms with Crippen molar-refractivity contribution in [3.05, 3.63) is 71.0 Å². The zero-order valence-corrected chi connectivity index (χ0v) is 16.9. The third-order valence-electron chi connectivity index (χ3n) is 4.70. The first kappa shape index (κ1) is 21.6. The predicted molar refractivity (Wildman–Crippen MR) is 109 cm³/mol. The van der Waals surface area contributed by atoms with Crippen molar-refractivity contribution in [2.24, 2.45) is 0 Å². The molecule has 2 aromatic carbocycles. The monoisotopic (exact) mass is 384 g/mol. The lowest BCUT2D eigenvalue weighted by Gasteiger charge is -2.29. The van der Waals surface area contributed by atoms with E-state index in [2.05, 4.69) is 12.2 Å². The van der Waals surface area contributed by atoms with Crippen molar-refractivity contribution in [2.75, 3.05) is 6.54 Å². The molecule has 0 aliphatic carbocycles. The molecule has 5 heteroatoms. The van der Waals surface area contributed by atoms with E-state index in [0.29, 0.717) is 13.1 Å². The maximum absolute atomic E-state index is 13.1. The van der Waals surface area contributed by atoms with Crippen molar-refractivity contribution in [2.45, 2.75) is 52.6 Å². The van der Waals surface area contributed by atoms with Crippen LogP contribution in [0.25, 0.3) is 0 Å². The molecular formula is C23H29FN2O2. The summed E-state index contributed by atoms with van der Waals surface area (Å²) in [6, 6.07) is 13.2. The molecule has 150 valence electrons. The Morgan fingerprint density at radius 3 is 2.46 bits per heavy atom. The minimum atomic E-state index is -0.592. The van der Waals surface area contributed by atoms with E-state index in [-0.39, 0.29) is 24.1 Å². The fourth-order valence-electron chi connectivity index (χ4n) is 3.00. The van der Waals surface area contributed by atoms with Gasteiger partial charge in [0, 0.05) is 13.1 Å². The smallest absolute Gasteiger partial charge is 0.242 e. The normalized spacial score (nSPS) is 11.7. The number of hydrogen-bond donors (Lipinski definition) is 1. The molecule has 2 aromatic rings. The molecule has 0 radical (unpaired) electrons. The summed E-state index contributed by atoms with van der Waals surface area (Å²) in [7, 11) is 0. The fourth-order valence-corrected chi connectivity index (χ4v) is 3.00. The molecule has 1 atom stereocenters. The van der Waals surface area contributed by atoms with Crippen LogP contribution in [0.15, 0.2) is 48.5 Å². The minimum absolute atomic E-state index is 0.124. The van der Waals surface area contributed by atoms with Gasteiger partial charge in [0.1, 0.15) is 11.9 Å². The van der Waals surface area contributed by atoms with E-state index in [1.165, 1.54) is 12.1 Å². The van der Waals surface area contributed by atoms with E-state index >= 15 is 0 Å². The fraction of sp³-hybridized carbons (Fsp3) is 0.391. The van der Waals surface area contributed by atoms with Crippen LogP contribution in [-0.2, 0) is 22.6 Å². The van der Waals surface area contributed by atoms with Gasteiger partial charge in [-0.05, 0) is 43.5 Å². The number of unbranched alkanes of at least 4 members (excludes halogenated alkanes) is 1. The number of carbonyl (C=O) groups is 2. The Bertz CT molecular complexity index is 789. The van der Waals surface area contributed by atoms with Gasteiger partial charge in [0.2, 0.25) is 11.8 Å². The minimum Gasteiger partial charge on any atom is -0.354 e. The summed E-state index contributed by atoms with van der Waals surface area (Å²) in [6.45, 7) is 6.76. The van der Waals surface area contributed by atoms with Crippen molar-refractivity contribution in [1.82, 2.24) is 10.2 Å². The average molecular weight is 384 g/mol. The van der Waals surface area contributed by atoms with E-state index in [9.17, 15) is 14.0 Å². The van der Waals surface area contributed by atoms with E-state index < -0.39 is 6.04 Å². The molecule has 0 spiro atoms. The molecule has 0 aliphatic rings. The van der Waals surface area contributed by atoms with Crippen molar-refractivity contribution < 1.29 is 14.0 Å². The third kappa shape index (κ3) is 6.48. The largest absolute Gasteiger partial charge is 0.354 e. The zero-order valence-electron chi connectivity index (χ0n) is 16.9. The van der Waals surface area contributed by atoms with E-state index in [4.69, 9.17) is 0 Å². The van der Waals surface area contributed by atoms with Crippen LogP contribution >= 0.6 is 0 Å². The van der Waals surface area contributed by atoms with Crippen molar-refractivity contribution in [3.63, 3.8) is 0 Å². The lowest BCUT2D eigenvalue weighted by atomic mass is 10.1. The SMILES string of the molecule is CCCCNC(=O)C(C)N(Cc1cccc(C)c1)C(=O)Cc1ccc(F)cc1. The van der Waals surface area contributed by atoms with Gasteiger partial charge in [-0.1, -0.05) is 55.3 Å². The van der Waals surface area contributed by atoms with Crippen molar-refractivity contribution >= 4 is 11.8 Å². The number of rotatable bonds is 9. The van der Waals surface area contributed by atoms with Gasteiger partial charge in [-0.3, -0.25) is 9.59 Å². The first-order chi connectivity index (χ1) is 13.4. The third-order valence-corrected chi connectivity index (χ3v) is 4.70. The summed E-state index contributed by atoms with van der Waals surface area (Å²) in [4.78, 5) is 27.2. The maximum atomic E-state index is 13.1. The molecule has 0 saturated heterocycles. The second-order valence-corrected chi connectivity index (χ2v) is 7.13. The number of amides is 2. The van der Waals surface area contributed by atoms with Crippen molar-refractivity contribution in [3.8, 4) is 0 Å². The molecule has 0 bridgehead atoms. The quantitative estimate of drug-likeness (QED) is 0.664. The van der Waals surface area contributed by atoms with Gasteiger partial charge in [-0.15, -0.1) is 0 Å². The molecule has 0 aromatic heterocycles. The molecular weight excluding hydrogens is 355 g/mol. The Labute approximate surface area is 166 Å². The van der Waals surface area contributed by atoms with Crippen LogP contribution in [0.1, 0.15) is 43.4 Å². The molecule has 4 nitrogen and oxygen atoms in total. The zero-order chi connectivity index (χ0) is 20.5. The highest BCUT2D eigenvalue weighted by atomic mass is 19.1. The van der Waals surface area contributed by atoms with Gasteiger partial charge < -0.3 is 10.2 Å². The summed E-state index contributed by atoms with van der Waals surface area (Å²) in [5, 5.41) is 2.90. The lowest BCUT2D eigenvalue weighted by molar-refractivity contribution is -0.140. The van der Waals surface area contributed by atoms with Gasteiger partial charge in [0.05, 0.1) is 6.42 Å². The molecule has 0 aliphatic heterocycles. The van der Waals surface area contributed by atoms with E-state index in [1.807, 2.05) is 31.2 Å². The first-order valence-electron chi connectivity index (χ1n) is 9.78. The number of hydrogen-bond acceptors (Lipinski definition) is 2. The van der Waals surface area contributed by atoms with Crippen LogP contribution in [0.5, 0.6) is 0 Å². The highest BCUT2D eigenvalue weighted by molar-refractivity contribution is 5.88. The number of halogens is 1. The summed E-state index contributed by atoms with van der Waals surface area (Å²) >= 11 is 0. The molecule has 28 heavy (non-hydrogen) atoms. The number of carbonyl (C=O) groups excluding carboxylic acids is 2. The van der Waals surface area contributed by atoms with Gasteiger partial charge in [0.25, 0.3) is 0 Å². The van der Waals surface area contributed by atoms with Gasteiger partial charge in [-0.25, -0.2) is 4.39 Å². The Balaban J connectivity index is 2.17. The van der Waals surface area contributed by atoms with Gasteiger partial charge >= 0.3 is 0 Å². The highest BCUT2D eigenvalue weighted by Gasteiger charge is 2.26. The van der Waals surface area contributed by atoms with Crippen LogP contribution in [0.2, 0.25) is 0 Å². The standard InChI is InChI=1S/C23H29FN2O2/c1-4-5-13-25-23(28)18(3)26(16-20-8-6-7-17(2)14-20)22(27)15-19-9-11-21(24)12-10-19/h6-12,14,18H,4-5,13,15-16H2,1-3H3,(H,25,28). The number of nitrogens with zero attached hydrogens (tertiary/aromatic N) is 1. The van der Waals surface area contributed by atoms with Crippen LogP contribution in [-0.4, -0.2) is 29.3 Å². The molecule has 1 unspecified atom stereocenters. The Morgan fingerprint density at radius 2 is 1.82 bits per heavy atom. The van der Waals surface area contributed by atoms with Crippen LogP contribution in [0.3, 0.4) is 0 Å². The van der Waals surface area contributed by atoms with E-state index in [0.717, 1.165) is 29.5 Å². The Hall–Kier alpha value is -2.69. The molecule has 0 heterocycles. The molecule has 2 rings (SSSR count). The summed E-state index contributed by atoms with van der Waals surface area (Å²) in [6.07, 6.45) is 2.02. The predicted octanol–water partition coefficient (Wildman–Crippen LogP) is 4.01. The molecule has 0 fully saturated rings. The van der Waals surface area contributed by atoms with E-state index in [1.54, 1.807) is 24.0 Å². The van der Waals surface area contributed by atoms with Crippen LogP contribution in [0.4, 0.5) is 4.39 Å². The number of aryl methyl sites for hydroxylation is 1. The number of benzene rings is 2. The molecule has 1 N–H and O–H groups in total. The molecule has 0 saturated carbocycles. The van der Waals surface area contributed by atoms with Gasteiger partial charge in [-0.2, -0.15) is 0 Å². The summed E-state index contributed by atoms with van der Waals surface area (Å²) in [5.74, 6) is -0.656. The Morgan fingerprint density at radius 1 is 1.11 bits per heavy atom. The summed E-state index contributed by atoms with van der Waals surface area (Å²) < 4.78 is 13.1.